The quantitative estimate of drug-likeness (QED) is 0.827. The Kier molecular flexibility index (Phi) is 4.62. The molecule has 0 heterocycles. The Balaban J connectivity index is 2.25. The van der Waals surface area contributed by atoms with E-state index in [0.29, 0.717) is 0 Å². The summed E-state index contributed by atoms with van der Waals surface area (Å²) in [4.78, 5) is -0.728. The zero-order valence-corrected chi connectivity index (χ0v) is 12.5. The molecule has 2 rings (SSSR count). The lowest BCUT2D eigenvalue weighted by molar-refractivity contribution is -0.0659. The van der Waals surface area contributed by atoms with Crippen LogP contribution in [0.25, 0.3) is 0 Å². The summed E-state index contributed by atoms with van der Waals surface area (Å²) in [5.74, 6) is -2.64. The Hall–Kier alpha value is -1.09. The molecular weight excluding hydrogens is 302 g/mol. The van der Waals surface area contributed by atoms with E-state index in [0.717, 1.165) is 31.4 Å². The van der Waals surface area contributed by atoms with Gasteiger partial charge in [0, 0.05) is 20.2 Å². The summed E-state index contributed by atoms with van der Waals surface area (Å²) in [5, 5.41) is 0. The minimum absolute atomic E-state index is 0.0275. The molecule has 1 aliphatic carbocycles. The molecule has 1 aromatic carbocycles. The number of rotatable bonds is 6. The van der Waals surface area contributed by atoms with E-state index in [2.05, 4.69) is 4.72 Å². The number of benzene rings is 1. The van der Waals surface area contributed by atoms with Gasteiger partial charge in [-0.05, 0) is 37.0 Å². The van der Waals surface area contributed by atoms with Crippen LogP contribution in [0.1, 0.15) is 24.8 Å². The van der Waals surface area contributed by atoms with Crippen LogP contribution < -0.4 is 10.5 Å². The highest BCUT2D eigenvalue weighted by atomic mass is 32.2. The van der Waals surface area contributed by atoms with Gasteiger partial charge in [0.25, 0.3) is 0 Å². The molecule has 21 heavy (non-hydrogen) atoms. The first kappa shape index (κ1) is 16.3. The van der Waals surface area contributed by atoms with Gasteiger partial charge in [-0.25, -0.2) is 21.9 Å². The highest BCUT2D eigenvalue weighted by Crippen LogP contribution is 2.34. The van der Waals surface area contributed by atoms with Crippen LogP contribution in [0.2, 0.25) is 0 Å². The third-order valence-electron chi connectivity index (χ3n) is 3.86. The predicted octanol–water partition coefficient (Wildman–Crippen LogP) is 1.27. The lowest BCUT2D eigenvalue weighted by atomic mass is 9.80. The summed E-state index contributed by atoms with van der Waals surface area (Å²) in [6.07, 6.45) is 2.40. The fourth-order valence-electron chi connectivity index (χ4n) is 2.26. The summed E-state index contributed by atoms with van der Waals surface area (Å²) in [6, 6.07) is 1.93. The second-order valence-corrected chi connectivity index (χ2v) is 6.89. The Morgan fingerprint density at radius 3 is 2.52 bits per heavy atom. The first-order valence-corrected chi connectivity index (χ1v) is 8.05. The monoisotopic (exact) mass is 320 g/mol. The lowest BCUT2D eigenvalue weighted by Gasteiger charge is -2.40. The molecule has 1 aromatic rings. The van der Waals surface area contributed by atoms with E-state index in [1.54, 1.807) is 0 Å². The molecule has 0 unspecified atom stereocenters. The van der Waals surface area contributed by atoms with E-state index in [-0.39, 0.29) is 18.7 Å². The van der Waals surface area contributed by atoms with Crippen LogP contribution in [-0.4, -0.2) is 27.7 Å². The van der Waals surface area contributed by atoms with Crippen LogP contribution in [0, 0.1) is 11.6 Å². The van der Waals surface area contributed by atoms with E-state index < -0.39 is 32.2 Å². The van der Waals surface area contributed by atoms with Crippen LogP contribution >= 0.6 is 0 Å². The maximum absolute atomic E-state index is 13.7. The second-order valence-electron chi connectivity index (χ2n) is 5.16. The van der Waals surface area contributed by atoms with Crippen molar-refractivity contribution in [2.75, 3.05) is 13.7 Å². The second kappa shape index (κ2) is 5.96. The van der Waals surface area contributed by atoms with E-state index in [9.17, 15) is 17.2 Å². The third-order valence-corrected chi connectivity index (χ3v) is 5.26. The third kappa shape index (κ3) is 3.23. The van der Waals surface area contributed by atoms with Crippen LogP contribution in [0.15, 0.2) is 17.0 Å². The first-order valence-electron chi connectivity index (χ1n) is 6.56. The summed E-state index contributed by atoms with van der Waals surface area (Å²) in [6.45, 7) is -0.0541. The molecule has 0 bridgehead atoms. The van der Waals surface area contributed by atoms with Gasteiger partial charge >= 0.3 is 0 Å². The van der Waals surface area contributed by atoms with Crippen molar-refractivity contribution in [3.05, 3.63) is 29.3 Å². The number of ether oxygens (including phenoxy) is 1. The molecule has 118 valence electrons. The molecule has 0 aromatic heterocycles. The van der Waals surface area contributed by atoms with Gasteiger partial charge in [-0.1, -0.05) is 0 Å². The Bertz CT molecular complexity index is 625. The van der Waals surface area contributed by atoms with Gasteiger partial charge in [-0.15, -0.1) is 0 Å². The average molecular weight is 320 g/mol. The maximum atomic E-state index is 13.7. The molecule has 1 fully saturated rings. The van der Waals surface area contributed by atoms with Crippen molar-refractivity contribution in [2.45, 2.75) is 36.3 Å². The smallest absolute Gasteiger partial charge is 0.243 e. The molecular formula is C13H18F2N2O3S. The van der Waals surface area contributed by atoms with Crippen LogP contribution in [-0.2, 0) is 21.3 Å². The molecule has 0 aliphatic heterocycles. The Morgan fingerprint density at radius 1 is 1.38 bits per heavy atom. The number of hydrogen-bond donors (Lipinski definition) is 2. The fraction of sp³-hybridized carbons (Fsp3) is 0.538. The molecule has 0 saturated heterocycles. The van der Waals surface area contributed by atoms with Gasteiger partial charge in [0.05, 0.1) is 5.60 Å². The SMILES string of the molecule is COC1(CNS(=O)(=O)c2cc(CN)cc(F)c2F)CCC1. The van der Waals surface area contributed by atoms with Crippen molar-refractivity contribution in [3.63, 3.8) is 0 Å². The van der Waals surface area contributed by atoms with E-state index in [1.165, 1.54) is 7.11 Å². The fourth-order valence-corrected chi connectivity index (χ4v) is 3.51. The van der Waals surface area contributed by atoms with Gasteiger partial charge in [0.2, 0.25) is 10.0 Å². The number of hydrogen-bond acceptors (Lipinski definition) is 4. The lowest BCUT2D eigenvalue weighted by Crippen LogP contribution is -2.49. The minimum Gasteiger partial charge on any atom is -0.377 e. The summed E-state index contributed by atoms with van der Waals surface area (Å²) in [7, 11) is -2.66. The van der Waals surface area contributed by atoms with Gasteiger partial charge < -0.3 is 10.5 Å². The topological polar surface area (TPSA) is 81.4 Å². The van der Waals surface area contributed by atoms with E-state index in [4.69, 9.17) is 10.5 Å². The number of nitrogens with one attached hydrogen (secondary N) is 1. The zero-order valence-electron chi connectivity index (χ0n) is 11.7. The summed E-state index contributed by atoms with van der Waals surface area (Å²) < 4.78 is 59.1. The minimum atomic E-state index is -4.17. The number of sulfonamides is 1. The van der Waals surface area contributed by atoms with Crippen molar-refractivity contribution in [3.8, 4) is 0 Å². The van der Waals surface area contributed by atoms with Crippen molar-refractivity contribution in [1.82, 2.24) is 4.72 Å². The van der Waals surface area contributed by atoms with Crippen LogP contribution in [0.4, 0.5) is 8.78 Å². The van der Waals surface area contributed by atoms with E-state index >= 15 is 0 Å². The zero-order chi connectivity index (χ0) is 15.7. The van der Waals surface area contributed by atoms with Gasteiger partial charge in [-0.2, -0.15) is 0 Å². The summed E-state index contributed by atoms with van der Waals surface area (Å²) >= 11 is 0. The molecule has 0 atom stereocenters. The van der Waals surface area contributed by atoms with Gasteiger partial charge in [0.15, 0.2) is 11.6 Å². The number of nitrogens with two attached hydrogens (primary N) is 1. The molecule has 1 aliphatic rings. The van der Waals surface area contributed by atoms with Crippen LogP contribution in [0.3, 0.4) is 0 Å². The molecule has 0 amide bonds. The highest BCUT2D eigenvalue weighted by Gasteiger charge is 2.38. The largest absolute Gasteiger partial charge is 0.377 e. The van der Waals surface area contributed by atoms with Crippen molar-refractivity contribution in [2.24, 2.45) is 5.73 Å². The number of methoxy groups -OCH3 is 1. The standard InChI is InChI=1S/C13H18F2N2O3S/c1-20-13(3-2-4-13)8-17-21(18,19)11-6-9(7-16)5-10(14)12(11)15/h5-6,17H,2-4,7-8,16H2,1H3. The normalized spacial score (nSPS) is 17.5. The highest BCUT2D eigenvalue weighted by molar-refractivity contribution is 7.89. The average Bonchev–Trinajstić information content (AvgIpc) is 2.40. The molecule has 0 radical (unpaired) electrons. The maximum Gasteiger partial charge on any atom is 0.243 e. The van der Waals surface area contributed by atoms with Gasteiger partial charge in [-0.3, -0.25) is 0 Å². The van der Waals surface area contributed by atoms with Crippen molar-refractivity contribution >= 4 is 10.0 Å². The van der Waals surface area contributed by atoms with Crippen LogP contribution in [0.5, 0.6) is 0 Å². The molecule has 5 nitrogen and oxygen atoms in total. The Labute approximate surface area is 122 Å². The molecule has 1 saturated carbocycles. The van der Waals surface area contributed by atoms with Crippen molar-refractivity contribution in [1.29, 1.82) is 0 Å². The first-order chi connectivity index (χ1) is 9.83. The Morgan fingerprint density at radius 2 is 2.05 bits per heavy atom. The van der Waals surface area contributed by atoms with Gasteiger partial charge in [0.1, 0.15) is 4.90 Å². The number of halogens is 2. The molecule has 8 heteroatoms. The molecule has 0 spiro atoms. The van der Waals surface area contributed by atoms with E-state index in [1.807, 2.05) is 0 Å². The molecule has 3 N–H and O–H groups in total. The summed E-state index contributed by atoms with van der Waals surface area (Å²) in [5.41, 5.74) is 5.01. The van der Waals surface area contributed by atoms with Crippen molar-refractivity contribution < 1.29 is 21.9 Å². The predicted molar refractivity (Wildman–Crippen MR) is 73.0 cm³/mol.